The van der Waals surface area contributed by atoms with Gasteiger partial charge in [0.1, 0.15) is 11.4 Å². The second-order valence-electron chi connectivity index (χ2n) is 4.42. The van der Waals surface area contributed by atoms with E-state index in [1.54, 1.807) is 0 Å². The first kappa shape index (κ1) is 12.8. The number of nitrogens with one attached hydrogen (secondary N) is 1. The van der Waals surface area contributed by atoms with E-state index >= 15 is 0 Å². The average Bonchev–Trinajstić information content (AvgIpc) is 2.59. The van der Waals surface area contributed by atoms with Crippen molar-refractivity contribution in [1.29, 1.82) is 0 Å². The number of carbonyl (C=O) groups is 1. The molecule has 1 aliphatic rings. The Kier molecular flexibility index (Phi) is 3.02. The van der Waals surface area contributed by atoms with Gasteiger partial charge in [0, 0.05) is 5.69 Å². The summed E-state index contributed by atoms with van der Waals surface area (Å²) in [7, 11) is -3.26. The number of benzene rings is 1. The molecule has 1 unspecified atom stereocenters. The van der Waals surface area contributed by atoms with E-state index < -0.39 is 27.1 Å². The topological polar surface area (TPSA) is 89.3 Å². The predicted octanol–water partition coefficient (Wildman–Crippen LogP) is 0.280. The number of amides is 1. The van der Waals surface area contributed by atoms with Gasteiger partial charge in [-0.2, -0.15) is 0 Å². The highest BCUT2D eigenvalue weighted by molar-refractivity contribution is 7.91. The highest BCUT2D eigenvalue weighted by atomic mass is 32.2. The van der Waals surface area contributed by atoms with Gasteiger partial charge < -0.3 is 11.1 Å². The number of sulfone groups is 1. The molecule has 0 saturated carbocycles. The third-order valence-corrected chi connectivity index (χ3v) is 4.76. The van der Waals surface area contributed by atoms with Gasteiger partial charge in [-0.3, -0.25) is 4.79 Å². The molecule has 0 bridgehead atoms. The maximum Gasteiger partial charge on any atom is 0.244 e. The quantitative estimate of drug-likeness (QED) is 0.827. The first-order valence-corrected chi connectivity index (χ1v) is 7.19. The molecule has 1 atom stereocenters. The molecule has 2 rings (SSSR count). The second-order valence-corrected chi connectivity index (χ2v) is 6.60. The van der Waals surface area contributed by atoms with Gasteiger partial charge in [-0.1, -0.05) is 0 Å². The Hall–Kier alpha value is -1.63. The molecule has 0 aromatic heterocycles. The van der Waals surface area contributed by atoms with E-state index in [4.69, 9.17) is 5.73 Å². The van der Waals surface area contributed by atoms with Crippen LogP contribution in [0.1, 0.15) is 6.42 Å². The molecule has 1 aliphatic heterocycles. The van der Waals surface area contributed by atoms with Crippen LogP contribution in [0.15, 0.2) is 24.3 Å². The highest BCUT2D eigenvalue weighted by Crippen LogP contribution is 2.27. The second kappa shape index (κ2) is 4.24. The Morgan fingerprint density at radius 1 is 1.33 bits per heavy atom. The molecule has 1 amide bonds. The number of hydrogen-bond acceptors (Lipinski definition) is 4. The molecule has 5 nitrogen and oxygen atoms in total. The molecule has 3 N–H and O–H groups in total. The standard InChI is InChI=1S/C11H13FN2O3S/c12-8-1-3-9(4-2-8)14-11(10(13)15)5-6-18(16,17)7-11/h1-4,14H,5-7H2,(H2,13,15). The van der Waals surface area contributed by atoms with Gasteiger partial charge in [0.05, 0.1) is 11.5 Å². The molecule has 98 valence electrons. The Labute approximate surface area is 104 Å². The Bertz CT molecular complexity index is 570. The van der Waals surface area contributed by atoms with Crippen LogP contribution in [0.3, 0.4) is 0 Å². The van der Waals surface area contributed by atoms with Gasteiger partial charge in [-0.25, -0.2) is 12.8 Å². The molecule has 1 heterocycles. The molecule has 18 heavy (non-hydrogen) atoms. The van der Waals surface area contributed by atoms with Gasteiger partial charge in [-0.15, -0.1) is 0 Å². The lowest BCUT2D eigenvalue weighted by molar-refractivity contribution is -0.121. The van der Waals surface area contributed by atoms with Crippen molar-refractivity contribution >= 4 is 21.4 Å². The largest absolute Gasteiger partial charge is 0.370 e. The third-order valence-electron chi connectivity index (χ3n) is 3.01. The molecule has 0 radical (unpaired) electrons. The minimum Gasteiger partial charge on any atom is -0.370 e. The summed E-state index contributed by atoms with van der Waals surface area (Å²) in [6.07, 6.45) is 0.127. The zero-order valence-corrected chi connectivity index (χ0v) is 10.3. The van der Waals surface area contributed by atoms with Crippen molar-refractivity contribution in [2.24, 2.45) is 5.73 Å². The van der Waals surface area contributed by atoms with E-state index in [1.807, 2.05) is 0 Å². The van der Waals surface area contributed by atoms with Crippen LogP contribution in [-0.4, -0.2) is 31.4 Å². The number of hydrogen-bond donors (Lipinski definition) is 2. The fraction of sp³-hybridized carbons (Fsp3) is 0.364. The maximum atomic E-state index is 12.8. The summed E-state index contributed by atoms with van der Waals surface area (Å²) in [5.41, 5.74) is 4.46. The van der Waals surface area contributed by atoms with E-state index in [-0.39, 0.29) is 17.9 Å². The number of carbonyl (C=O) groups excluding carboxylic acids is 1. The monoisotopic (exact) mass is 272 g/mol. The number of nitrogens with two attached hydrogens (primary N) is 1. The lowest BCUT2D eigenvalue weighted by atomic mass is 9.97. The van der Waals surface area contributed by atoms with Crippen LogP contribution in [0.2, 0.25) is 0 Å². The van der Waals surface area contributed by atoms with Crippen molar-refractivity contribution in [3.05, 3.63) is 30.1 Å². The normalized spacial score (nSPS) is 25.8. The Morgan fingerprint density at radius 2 is 1.94 bits per heavy atom. The zero-order valence-electron chi connectivity index (χ0n) is 9.52. The lowest BCUT2D eigenvalue weighted by Gasteiger charge is -2.26. The van der Waals surface area contributed by atoms with Crippen molar-refractivity contribution in [2.45, 2.75) is 12.0 Å². The molecule has 0 aliphatic carbocycles. The molecule has 0 spiro atoms. The number of primary amides is 1. The van der Waals surface area contributed by atoms with Gasteiger partial charge in [0.25, 0.3) is 0 Å². The minimum atomic E-state index is -3.26. The summed E-state index contributed by atoms with van der Waals surface area (Å²) in [5, 5.41) is 2.82. The van der Waals surface area contributed by atoms with Gasteiger partial charge in [0.15, 0.2) is 9.84 Å². The summed E-state index contributed by atoms with van der Waals surface area (Å²) < 4.78 is 35.7. The molecule has 1 fully saturated rings. The van der Waals surface area contributed by atoms with Crippen LogP contribution in [0.4, 0.5) is 10.1 Å². The van der Waals surface area contributed by atoms with Gasteiger partial charge in [-0.05, 0) is 30.7 Å². The molecule has 1 aromatic rings. The number of halogens is 1. The first-order valence-electron chi connectivity index (χ1n) is 5.37. The lowest BCUT2D eigenvalue weighted by Crippen LogP contribution is -2.51. The predicted molar refractivity (Wildman–Crippen MR) is 65.2 cm³/mol. The van der Waals surface area contributed by atoms with Gasteiger partial charge in [0.2, 0.25) is 5.91 Å². The summed E-state index contributed by atoms with van der Waals surface area (Å²) in [5.74, 6) is -1.53. The zero-order chi connectivity index (χ0) is 13.4. The van der Waals surface area contributed by atoms with Crippen molar-refractivity contribution in [1.82, 2.24) is 0 Å². The Balaban J connectivity index is 2.28. The summed E-state index contributed by atoms with van der Waals surface area (Å²) in [4.78, 5) is 11.5. The molecule has 1 aromatic carbocycles. The van der Waals surface area contributed by atoms with Crippen LogP contribution >= 0.6 is 0 Å². The number of anilines is 1. The van der Waals surface area contributed by atoms with Gasteiger partial charge >= 0.3 is 0 Å². The van der Waals surface area contributed by atoms with Crippen LogP contribution in [0.25, 0.3) is 0 Å². The first-order chi connectivity index (χ1) is 8.33. The van der Waals surface area contributed by atoms with E-state index in [9.17, 15) is 17.6 Å². The van der Waals surface area contributed by atoms with Crippen LogP contribution < -0.4 is 11.1 Å². The smallest absolute Gasteiger partial charge is 0.244 e. The van der Waals surface area contributed by atoms with Crippen molar-refractivity contribution in [3.8, 4) is 0 Å². The SMILES string of the molecule is NC(=O)C1(Nc2ccc(F)cc2)CCS(=O)(=O)C1. The van der Waals surface area contributed by atoms with E-state index in [0.29, 0.717) is 5.69 Å². The van der Waals surface area contributed by atoms with E-state index in [1.165, 1.54) is 24.3 Å². The number of rotatable bonds is 3. The van der Waals surface area contributed by atoms with Crippen molar-refractivity contribution in [2.75, 3.05) is 16.8 Å². The fourth-order valence-electron chi connectivity index (χ4n) is 2.01. The fourth-order valence-corrected chi connectivity index (χ4v) is 3.93. The minimum absolute atomic E-state index is 0.0792. The summed E-state index contributed by atoms with van der Waals surface area (Å²) in [6, 6.07) is 5.32. The average molecular weight is 272 g/mol. The van der Waals surface area contributed by atoms with Crippen LogP contribution in [0.5, 0.6) is 0 Å². The molecule has 1 saturated heterocycles. The maximum absolute atomic E-state index is 12.8. The van der Waals surface area contributed by atoms with Crippen molar-refractivity contribution in [3.63, 3.8) is 0 Å². The van der Waals surface area contributed by atoms with E-state index in [2.05, 4.69) is 5.32 Å². The summed E-state index contributed by atoms with van der Waals surface area (Å²) >= 11 is 0. The molecular weight excluding hydrogens is 259 g/mol. The van der Waals surface area contributed by atoms with E-state index in [0.717, 1.165) is 0 Å². The van der Waals surface area contributed by atoms with Crippen LogP contribution in [0, 0.1) is 5.82 Å². The summed E-state index contributed by atoms with van der Waals surface area (Å²) in [6.45, 7) is 0. The highest BCUT2D eigenvalue weighted by Gasteiger charge is 2.47. The van der Waals surface area contributed by atoms with Crippen molar-refractivity contribution < 1.29 is 17.6 Å². The van der Waals surface area contributed by atoms with Crippen LogP contribution in [-0.2, 0) is 14.6 Å². The molecule has 7 heteroatoms. The molecular formula is C11H13FN2O3S. The third kappa shape index (κ3) is 2.45. The Morgan fingerprint density at radius 3 is 2.39 bits per heavy atom.